The third-order valence-electron chi connectivity index (χ3n) is 2.53. The Morgan fingerprint density at radius 3 is 2.31 bits per heavy atom. The summed E-state index contributed by atoms with van der Waals surface area (Å²) in [5.41, 5.74) is 3.81. The van der Waals surface area contributed by atoms with E-state index in [1.54, 1.807) is 0 Å². The highest BCUT2D eigenvalue weighted by molar-refractivity contribution is 6.08. The summed E-state index contributed by atoms with van der Waals surface area (Å²) in [5.74, 6) is 0.183. The minimum atomic E-state index is -0.104. The summed E-state index contributed by atoms with van der Waals surface area (Å²) >= 11 is 0. The molecule has 0 saturated carbocycles. The van der Waals surface area contributed by atoms with Gasteiger partial charge in [0.25, 0.3) is 0 Å². The molecule has 0 aliphatic heterocycles. The van der Waals surface area contributed by atoms with Crippen LogP contribution in [0.5, 0.6) is 0 Å². The number of hydrogen-bond acceptors (Lipinski definition) is 3. The van der Waals surface area contributed by atoms with Crippen molar-refractivity contribution < 1.29 is 4.79 Å². The quantitative estimate of drug-likeness (QED) is 0.779. The summed E-state index contributed by atoms with van der Waals surface area (Å²) in [6, 6.07) is 3.99. The van der Waals surface area contributed by atoms with Crippen molar-refractivity contribution in [3.05, 3.63) is 46.5 Å². The second kappa shape index (κ2) is 3.89. The molecule has 1 aromatic carbocycles. The summed E-state index contributed by atoms with van der Waals surface area (Å²) in [7, 11) is 0. The van der Waals surface area contributed by atoms with Crippen molar-refractivity contribution in [3.63, 3.8) is 0 Å². The molecule has 16 heavy (non-hydrogen) atoms. The van der Waals surface area contributed by atoms with E-state index in [2.05, 4.69) is 15.2 Å². The number of aromatic nitrogens is 3. The third kappa shape index (κ3) is 1.74. The molecule has 0 aliphatic rings. The van der Waals surface area contributed by atoms with Gasteiger partial charge in [-0.2, -0.15) is 5.10 Å². The number of nitrogens with zero attached hydrogens (tertiary/aromatic N) is 2. The van der Waals surface area contributed by atoms with Gasteiger partial charge in [-0.25, -0.2) is 4.98 Å². The molecule has 82 valence electrons. The number of aromatic amines is 1. The van der Waals surface area contributed by atoms with Gasteiger partial charge in [0.2, 0.25) is 5.78 Å². The highest BCUT2D eigenvalue weighted by Crippen LogP contribution is 2.18. The molecule has 4 nitrogen and oxygen atoms in total. The van der Waals surface area contributed by atoms with Gasteiger partial charge in [-0.15, -0.1) is 0 Å². The molecule has 0 spiro atoms. The minimum Gasteiger partial charge on any atom is -0.285 e. The molecular weight excluding hydrogens is 202 g/mol. The summed E-state index contributed by atoms with van der Waals surface area (Å²) in [5, 5.41) is 6.28. The molecule has 0 atom stereocenters. The minimum absolute atomic E-state index is 0.104. The average Bonchev–Trinajstić information content (AvgIpc) is 2.67. The molecule has 1 N–H and O–H groups in total. The number of carbonyl (C=O) groups is 1. The van der Waals surface area contributed by atoms with Crippen LogP contribution in [-0.4, -0.2) is 21.0 Å². The summed E-state index contributed by atoms with van der Waals surface area (Å²) in [4.78, 5) is 16.0. The predicted octanol–water partition coefficient (Wildman–Crippen LogP) is 1.96. The summed E-state index contributed by atoms with van der Waals surface area (Å²) < 4.78 is 0. The predicted molar refractivity (Wildman–Crippen MR) is 60.5 cm³/mol. The van der Waals surface area contributed by atoms with Crippen molar-refractivity contribution in [1.29, 1.82) is 0 Å². The molecular formula is C12H13N3O. The lowest BCUT2D eigenvalue weighted by atomic mass is 9.96. The van der Waals surface area contributed by atoms with Gasteiger partial charge in [0.05, 0.1) is 0 Å². The molecule has 4 heteroatoms. The van der Waals surface area contributed by atoms with Crippen LogP contribution in [0.15, 0.2) is 18.5 Å². The highest BCUT2D eigenvalue weighted by atomic mass is 16.1. The van der Waals surface area contributed by atoms with Gasteiger partial charge in [-0.1, -0.05) is 17.7 Å². The first-order valence-electron chi connectivity index (χ1n) is 5.07. The molecule has 0 fully saturated rings. The van der Waals surface area contributed by atoms with E-state index in [4.69, 9.17) is 0 Å². The number of H-pyrrole nitrogens is 1. The Morgan fingerprint density at radius 2 is 1.81 bits per heavy atom. The smallest absolute Gasteiger partial charge is 0.230 e. The zero-order valence-corrected chi connectivity index (χ0v) is 9.53. The largest absolute Gasteiger partial charge is 0.285 e. The number of nitrogens with one attached hydrogen (secondary N) is 1. The standard InChI is InChI=1S/C12H13N3O/c1-7-4-8(2)10(9(3)5-7)11(16)12-13-6-14-15-12/h4-6H,1-3H3,(H,13,14,15). The van der Waals surface area contributed by atoms with E-state index in [0.717, 1.165) is 16.7 Å². The lowest BCUT2D eigenvalue weighted by Gasteiger charge is -2.08. The maximum Gasteiger partial charge on any atom is 0.230 e. The van der Waals surface area contributed by atoms with Crippen LogP contribution in [0, 0.1) is 20.8 Å². The lowest BCUT2D eigenvalue weighted by molar-refractivity contribution is 0.102. The van der Waals surface area contributed by atoms with Gasteiger partial charge in [-0.3, -0.25) is 9.89 Å². The molecule has 0 unspecified atom stereocenters. The van der Waals surface area contributed by atoms with Gasteiger partial charge in [-0.05, 0) is 31.9 Å². The van der Waals surface area contributed by atoms with Crippen molar-refractivity contribution in [1.82, 2.24) is 15.2 Å². The van der Waals surface area contributed by atoms with Crippen LogP contribution in [0.1, 0.15) is 32.9 Å². The molecule has 1 heterocycles. The monoisotopic (exact) mass is 215 g/mol. The lowest BCUT2D eigenvalue weighted by Crippen LogP contribution is -2.08. The maximum absolute atomic E-state index is 12.1. The van der Waals surface area contributed by atoms with Crippen molar-refractivity contribution in [3.8, 4) is 0 Å². The number of hydrogen-bond donors (Lipinski definition) is 1. The van der Waals surface area contributed by atoms with Crippen LogP contribution in [0.2, 0.25) is 0 Å². The Labute approximate surface area is 93.7 Å². The van der Waals surface area contributed by atoms with Crippen LogP contribution < -0.4 is 0 Å². The van der Waals surface area contributed by atoms with E-state index in [0.29, 0.717) is 5.56 Å². The van der Waals surface area contributed by atoms with Crippen LogP contribution in [0.4, 0.5) is 0 Å². The molecule has 0 saturated heterocycles. The van der Waals surface area contributed by atoms with Gasteiger partial charge in [0.1, 0.15) is 6.33 Å². The molecule has 0 bridgehead atoms. The number of benzene rings is 1. The van der Waals surface area contributed by atoms with Crippen LogP contribution in [0.25, 0.3) is 0 Å². The molecule has 2 aromatic rings. The van der Waals surface area contributed by atoms with E-state index < -0.39 is 0 Å². The molecule has 2 rings (SSSR count). The second-order valence-corrected chi connectivity index (χ2v) is 3.94. The summed E-state index contributed by atoms with van der Waals surface area (Å²) in [6.45, 7) is 5.88. The van der Waals surface area contributed by atoms with Gasteiger partial charge in [0.15, 0.2) is 5.82 Å². The number of ketones is 1. The van der Waals surface area contributed by atoms with Crippen LogP contribution in [-0.2, 0) is 0 Å². The van der Waals surface area contributed by atoms with E-state index >= 15 is 0 Å². The topological polar surface area (TPSA) is 58.6 Å². The van der Waals surface area contributed by atoms with E-state index in [1.165, 1.54) is 6.33 Å². The first kappa shape index (κ1) is 10.5. The van der Waals surface area contributed by atoms with Crippen molar-refractivity contribution >= 4 is 5.78 Å². The SMILES string of the molecule is Cc1cc(C)c(C(=O)c2ncn[nH]2)c(C)c1. The Bertz CT molecular complexity index is 506. The third-order valence-corrected chi connectivity index (χ3v) is 2.53. The van der Waals surface area contributed by atoms with Crippen LogP contribution in [0.3, 0.4) is 0 Å². The van der Waals surface area contributed by atoms with Crippen molar-refractivity contribution in [2.24, 2.45) is 0 Å². The molecule has 0 amide bonds. The zero-order chi connectivity index (χ0) is 11.7. The Kier molecular flexibility index (Phi) is 2.56. The zero-order valence-electron chi connectivity index (χ0n) is 9.53. The van der Waals surface area contributed by atoms with Gasteiger partial charge >= 0.3 is 0 Å². The highest BCUT2D eigenvalue weighted by Gasteiger charge is 2.16. The Balaban J connectivity index is 2.53. The van der Waals surface area contributed by atoms with Gasteiger partial charge in [0, 0.05) is 5.56 Å². The molecule has 0 radical (unpaired) electrons. The number of carbonyl (C=O) groups excluding carboxylic acids is 1. The van der Waals surface area contributed by atoms with E-state index in [1.807, 2.05) is 32.9 Å². The van der Waals surface area contributed by atoms with Crippen LogP contribution >= 0.6 is 0 Å². The van der Waals surface area contributed by atoms with E-state index in [9.17, 15) is 4.79 Å². The number of aryl methyl sites for hydroxylation is 3. The first-order valence-corrected chi connectivity index (χ1v) is 5.07. The maximum atomic E-state index is 12.1. The summed E-state index contributed by atoms with van der Waals surface area (Å²) in [6.07, 6.45) is 1.34. The fraction of sp³-hybridized carbons (Fsp3) is 0.250. The van der Waals surface area contributed by atoms with Crippen molar-refractivity contribution in [2.45, 2.75) is 20.8 Å². The van der Waals surface area contributed by atoms with Crippen molar-refractivity contribution in [2.75, 3.05) is 0 Å². The molecule has 1 aromatic heterocycles. The normalized spacial score (nSPS) is 10.4. The average molecular weight is 215 g/mol. The Hall–Kier alpha value is -1.97. The fourth-order valence-corrected chi connectivity index (χ4v) is 1.97. The Morgan fingerprint density at radius 1 is 1.19 bits per heavy atom. The fourth-order valence-electron chi connectivity index (χ4n) is 1.97. The van der Waals surface area contributed by atoms with E-state index in [-0.39, 0.29) is 11.6 Å². The first-order chi connectivity index (χ1) is 7.59. The van der Waals surface area contributed by atoms with Gasteiger partial charge < -0.3 is 0 Å². The second-order valence-electron chi connectivity index (χ2n) is 3.94. The number of rotatable bonds is 2. The molecule has 0 aliphatic carbocycles.